The number of rotatable bonds is 7. The first-order chi connectivity index (χ1) is 10.5. The first-order valence-electron chi connectivity index (χ1n) is 8.19. The number of halogens is 1. The minimum Gasteiger partial charge on any atom is -0.481 e. The van der Waals surface area contributed by atoms with Gasteiger partial charge in [-0.25, -0.2) is 4.39 Å². The fraction of sp³-hybridized carbons (Fsp3) is 0.611. The summed E-state index contributed by atoms with van der Waals surface area (Å²) in [6.07, 6.45) is 3.94. The molecule has 0 radical (unpaired) electrons. The Morgan fingerprint density at radius 3 is 2.59 bits per heavy atom. The van der Waals surface area contributed by atoms with Crippen LogP contribution in [-0.4, -0.2) is 23.7 Å². The zero-order chi connectivity index (χ0) is 16.1. The van der Waals surface area contributed by atoms with Crippen molar-refractivity contribution in [1.29, 1.82) is 0 Å². The molecular formula is C18H26FNO2. The molecule has 3 unspecified atom stereocenters. The van der Waals surface area contributed by atoms with Crippen molar-refractivity contribution < 1.29 is 14.3 Å². The van der Waals surface area contributed by atoms with Gasteiger partial charge < -0.3 is 10.4 Å². The van der Waals surface area contributed by atoms with E-state index in [2.05, 4.69) is 5.32 Å². The van der Waals surface area contributed by atoms with Crippen molar-refractivity contribution in [1.82, 2.24) is 5.32 Å². The Hall–Kier alpha value is -1.42. The van der Waals surface area contributed by atoms with Crippen LogP contribution >= 0.6 is 0 Å². The summed E-state index contributed by atoms with van der Waals surface area (Å²) in [6, 6.07) is 7.00. The van der Waals surface area contributed by atoms with E-state index >= 15 is 0 Å². The van der Waals surface area contributed by atoms with E-state index in [4.69, 9.17) is 0 Å². The molecule has 1 aromatic carbocycles. The Bertz CT molecular complexity index is 486. The summed E-state index contributed by atoms with van der Waals surface area (Å²) >= 11 is 0. The van der Waals surface area contributed by atoms with E-state index in [0.29, 0.717) is 30.8 Å². The minimum absolute atomic E-state index is 0.214. The van der Waals surface area contributed by atoms with E-state index < -0.39 is 5.97 Å². The smallest absolute Gasteiger partial charge is 0.307 e. The van der Waals surface area contributed by atoms with E-state index in [1.54, 1.807) is 0 Å². The second-order valence-corrected chi connectivity index (χ2v) is 6.77. The van der Waals surface area contributed by atoms with Crippen molar-refractivity contribution in [2.45, 2.75) is 51.5 Å². The van der Waals surface area contributed by atoms with Gasteiger partial charge in [0, 0.05) is 12.6 Å². The molecule has 22 heavy (non-hydrogen) atoms. The molecule has 2 N–H and O–H groups in total. The van der Waals surface area contributed by atoms with Crippen LogP contribution in [0.4, 0.5) is 4.39 Å². The summed E-state index contributed by atoms with van der Waals surface area (Å²) < 4.78 is 13.1. The van der Waals surface area contributed by atoms with Gasteiger partial charge in [0.15, 0.2) is 0 Å². The van der Waals surface area contributed by atoms with Crippen LogP contribution in [0.3, 0.4) is 0 Å². The second-order valence-electron chi connectivity index (χ2n) is 6.77. The summed E-state index contributed by atoms with van der Waals surface area (Å²) in [7, 11) is 0. The summed E-state index contributed by atoms with van der Waals surface area (Å²) in [6.45, 7) is 4.61. The van der Waals surface area contributed by atoms with E-state index in [1.807, 2.05) is 26.0 Å². The average molecular weight is 307 g/mol. The van der Waals surface area contributed by atoms with Crippen LogP contribution in [0.25, 0.3) is 0 Å². The number of carbonyl (C=O) groups is 1. The van der Waals surface area contributed by atoms with Crippen LogP contribution in [0.2, 0.25) is 0 Å². The van der Waals surface area contributed by atoms with Gasteiger partial charge in [-0.05, 0) is 48.8 Å². The average Bonchev–Trinajstić information content (AvgIpc) is 2.92. The summed E-state index contributed by atoms with van der Waals surface area (Å²) in [5.74, 6) is -0.547. The quantitative estimate of drug-likeness (QED) is 0.805. The van der Waals surface area contributed by atoms with Gasteiger partial charge in [0.1, 0.15) is 5.82 Å². The molecule has 0 heterocycles. The fourth-order valence-electron chi connectivity index (χ4n) is 3.45. The van der Waals surface area contributed by atoms with Crippen molar-refractivity contribution in [2.75, 3.05) is 6.54 Å². The standard InChI is InChI=1S/C18H26FNO2/c1-12(2)10-14(18(21)22)11-20-17-5-3-4-16(17)13-6-8-15(19)9-7-13/h6-9,12,14,16-17,20H,3-5,10-11H2,1-2H3,(H,21,22). The maximum absolute atomic E-state index is 13.1. The molecule has 0 bridgehead atoms. The molecule has 0 amide bonds. The summed E-state index contributed by atoms with van der Waals surface area (Å²) in [5.41, 5.74) is 1.15. The van der Waals surface area contributed by atoms with Crippen LogP contribution in [0.15, 0.2) is 24.3 Å². The molecule has 4 heteroatoms. The third-order valence-electron chi connectivity index (χ3n) is 4.55. The fourth-order valence-corrected chi connectivity index (χ4v) is 3.45. The number of hydrogen-bond acceptors (Lipinski definition) is 2. The van der Waals surface area contributed by atoms with Gasteiger partial charge in [0.25, 0.3) is 0 Å². The Kier molecular flexibility index (Phi) is 5.95. The van der Waals surface area contributed by atoms with E-state index in [1.165, 1.54) is 12.1 Å². The number of carboxylic acid groups (broad SMARTS) is 1. The molecule has 1 aromatic rings. The van der Waals surface area contributed by atoms with Crippen molar-refractivity contribution in [3.8, 4) is 0 Å². The Morgan fingerprint density at radius 1 is 1.32 bits per heavy atom. The lowest BCUT2D eigenvalue weighted by molar-refractivity contribution is -0.142. The van der Waals surface area contributed by atoms with E-state index in [0.717, 1.165) is 24.8 Å². The lowest BCUT2D eigenvalue weighted by atomic mass is 9.92. The van der Waals surface area contributed by atoms with Gasteiger partial charge in [-0.15, -0.1) is 0 Å². The van der Waals surface area contributed by atoms with Crippen LogP contribution in [0, 0.1) is 17.7 Å². The number of nitrogens with one attached hydrogen (secondary N) is 1. The highest BCUT2D eigenvalue weighted by Crippen LogP contribution is 2.34. The first-order valence-corrected chi connectivity index (χ1v) is 8.19. The maximum atomic E-state index is 13.1. The highest BCUT2D eigenvalue weighted by atomic mass is 19.1. The van der Waals surface area contributed by atoms with Crippen molar-refractivity contribution in [3.05, 3.63) is 35.6 Å². The molecule has 0 aromatic heterocycles. The summed E-state index contributed by atoms with van der Waals surface area (Å²) in [5, 5.41) is 12.8. The van der Waals surface area contributed by atoms with Crippen LogP contribution in [-0.2, 0) is 4.79 Å². The van der Waals surface area contributed by atoms with Crippen LogP contribution < -0.4 is 5.32 Å². The highest BCUT2D eigenvalue weighted by molar-refractivity contribution is 5.70. The lowest BCUT2D eigenvalue weighted by Crippen LogP contribution is -2.37. The monoisotopic (exact) mass is 307 g/mol. The third kappa shape index (κ3) is 4.54. The number of benzene rings is 1. The number of carboxylic acids is 1. The maximum Gasteiger partial charge on any atom is 0.307 e. The van der Waals surface area contributed by atoms with E-state index in [9.17, 15) is 14.3 Å². The van der Waals surface area contributed by atoms with Gasteiger partial charge in [0.2, 0.25) is 0 Å². The van der Waals surface area contributed by atoms with Crippen molar-refractivity contribution >= 4 is 5.97 Å². The molecule has 1 aliphatic rings. The molecule has 0 saturated heterocycles. The first kappa shape index (κ1) is 16.9. The Balaban J connectivity index is 1.96. The molecular weight excluding hydrogens is 281 g/mol. The molecule has 1 fully saturated rings. The molecule has 1 aliphatic carbocycles. The van der Waals surface area contributed by atoms with Gasteiger partial charge in [0.05, 0.1) is 5.92 Å². The van der Waals surface area contributed by atoms with E-state index in [-0.39, 0.29) is 11.7 Å². The molecule has 0 aliphatic heterocycles. The lowest BCUT2D eigenvalue weighted by Gasteiger charge is -2.24. The molecule has 3 atom stereocenters. The largest absolute Gasteiger partial charge is 0.481 e. The predicted molar refractivity (Wildman–Crippen MR) is 85.4 cm³/mol. The molecule has 3 nitrogen and oxygen atoms in total. The molecule has 2 rings (SSSR count). The zero-order valence-corrected chi connectivity index (χ0v) is 13.4. The summed E-state index contributed by atoms with van der Waals surface area (Å²) in [4.78, 5) is 11.3. The van der Waals surface area contributed by atoms with Crippen LogP contribution in [0.5, 0.6) is 0 Å². The molecule has 122 valence electrons. The number of aliphatic carboxylic acids is 1. The van der Waals surface area contributed by atoms with Crippen molar-refractivity contribution in [2.24, 2.45) is 11.8 Å². The number of hydrogen-bond donors (Lipinski definition) is 2. The Labute approximate surface area is 131 Å². The predicted octanol–water partition coefficient (Wildman–Crippen LogP) is 3.80. The van der Waals surface area contributed by atoms with Crippen molar-refractivity contribution in [3.63, 3.8) is 0 Å². The van der Waals surface area contributed by atoms with Gasteiger partial charge >= 0.3 is 5.97 Å². The molecule has 1 saturated carbocycles. The second kappa shape index (κ2) is 7.73. The normalized spacial score (nSPS) is 22.9. The van der Waals surface area contributed by atoms with Crippen LogP contribution in [0.1, 0.15) is 51.0 Å². The Morgan fingerprint density at radius 2 is 2.00 bits per heavy atom. The van der Waals surface area contributed by atoms with Gasteiger partial charge in [-0.3, -0.25) is 4.79 Å². The SMILES string of the molecule is CC(C)CC(CNC1CCCC1c1ccc(F)cc1)C(=O)O. The topological polar surface area (TPSA) is 49.3 Å². The highest BCUT2D eigenvalue weighted by Gasteiger charge is 2.29. The third-order valence-corrected chi connectivity index (χ3v) is 4.55. The minimum atomic E-state index is -0.725. The van der Waals surface area contributed by atoms with Gasteiger partial charge in [-0.2, -0.15) is 0 Å². The zero-order valence-electron chi connectivity index (χ0n) is 13.4. The van der Waals surface area contributed by atoms with Gasteiger partial charge in [-0.1, -0.05) is 32.4 Å². The molecule has 0 spiro atoms.